The Morgan fingerprint density at radius 2 is 1.58 bits per heavy atom. The van der Waals surface area contributed by atoms with E-state index >= 15 is 0 Å². The van der Waals surface area contributed by atoms with Crippen LogP contribution in [-0.4, -0.2) is 0 Å². The molecular weight excluding hydrogens is 230 g/mol. The molecule has 0 unspecified atom stereocenters. The van der Waals surface area contributed by atoms with Crippen molar-refractivity contribution in [2.75, 3.05) is 0 Å². The quantitative estimate of drug-likeness (QED) is 0.767. The Morgan fingerprint density at radius 3 is 2.05 bits per heavy atom. The average Bonchev–Trinajstić information content (AvgIpc) is 2.39. The molecule has 0 saturated carbocycles. The first-order valence-electron chi connectivity index (χ1n) is 6.76. The average molecular weight is 249 g/mol. The smallest absolute Gasteiger partial charge is 0.0991 e. The molecular formula is C18H19N. The van der Waals surface area contributed by atoms with Crippen molar-refractivity contribution >= 4 is 0 Å². The van der Waals surface area contributed by atoms with Crippen LogP contribution in [0.25, 0.3) is 11.1 Å². The van der Waals surface area contributed by atoms with Crippen molar-refractivity contribution in [1.29, 1.82) is 5.26 Å². The summed E-state index contributed by atoms with van der Waals surface area (Å²) in [5.74, 6) is 0. The van der Waals surface area contributed by atoms with Crippen LogP contribution in [0.4, 0.5) is 0 Å². The first-order chi connectivity index (χ1) is 9.15. The lowest BCUT2D eigenvalue weighted by molar-refractivity contribution is 0.918. The van der Waals surface area contributed by atoms with Crippen LogP contribution in [0.15, 0.2) is 36.4 Å². The highest BCUT2D eigenvalue weighted by Gasteiger charge is 2.07. The van der Waals surface area contributed by atoms with Crippen LogP contribution < -0.4 is 0 Å². The van der Waals surface area contributed by atoms with E-state index in [4.69, 9.17) is 5.26 Å². The molecule has 2 aromatic carbocycles. The van der Waals surface area contributed by atoms with Gasteiger partial charge >= 0.3 is 0 Å². The zero-order valence-corrected chi connectivity index (χ0v) is 11.8. The Hall–Kier alpha value is -2.07. The monoisotopic (exact) mass is 249 g/mol. The second-order valence-electron chi connectivity index (χ2n) is 5.04. The predicted octanol–water partition coefficient (Wildman–Crippen LogP) is 4.79. The lowest BCUT2D eigenvalue weighted by Gasteiger charge is -2.13. The summed E-state index contributed by atoms with van der Waals surface area (Å²) in [5, 5.41) is 8.85. The van der Waals surface area contributed by atoms with Gasteiger partial charge in [-0.15, -0.1) is 0 Å². The first-order valence-corrected chi connectivity index (χ1v) is 6.76. The van der Waals surface area contributed by atoms with Crippen molar-refractivity contribution in [2.24, 2.45) is 0 Å². The van der Waals surface area contributed by atoms with E-state index in [1.54, 1.807) is 0 Å². The summed E-state index contributed by atoms with van der Waals surface area (Å²) in [6.07, 6.45) is 2.31. The lowest BCUT2D eigenvalue weighted by atomic mass is 9.92. The van der Waals surface area contributed by atoms with Gasteiger partial charge in [0, 0.05) is 0 Å². The van der Waals surface area contributed by atoms with Gasteiger partial charge in [0.2, 0.25) is 0 Å². The molecule has 0 aliphatic rings. The second-order valence-corrected chi connectivity index (χ2v) is 5.04. The van der Waals surface area contributed by atoms with Gasteiger partial charge in [-0.2, -0.15) is 5.26 Å². The lowest BCUT2D eigenvalue weighted by Crippen LogP contribution is -1.93. The summed E-state index contributed by atoms with van der Waals surface area (Å²) in [6.45, 7) is 6.54. The molecule has 0 atom stereocenters. The highest BCUT2D eigenvalue weighted by atomic mass is 14.2. The Bertz CT molecular complexity index is 592. The van der Waals surface area contributed by atoms with E-state index in [1.165, 1.54) is 34.2 Å². The Morgan fingerprint density at radius 1 is 1.00 bits per heavy atom. The SMILES string of the molecule is CCCc1cc(C)c(-c2ccc(C#N)cc2)c(C)c1. The highest BCUT2D eigenvalue weighted by molar-refractivity contribution is 5.71. The van der Waals surface area contributed by atoms with Gasteiger partial charge in [0.25, 0.3) is 0 Å². The molecule has 0 bridgehead atoms. The van der Waals surface area contributed by atoms with Crippen molar-refractivity contribution in [3.05, 3.63) is 58.7 Å². The number of benzene rings is 2. The minimum absolute atomic E-state index is 0.710. The predicted molar refractivity (Wildman–Crippen MR) is 80.1 cm³/mol. The maximum absolute atomic E-state index is 8.85. The third kappa shape index (κ3) is 2.85. The second kappa shape index (κ2) is 5.71. The van der Waals surface area contributed by atoms with Crippen LogP contribution in [0.3, 0.4) is 0 Å². The summed E-state index contributed by atoms with van der Waals surface area (Å²) in [4.78, 5) is 0. The van der Waals surface area contributed by atoms with Crippen molar-refractivity contribution in [1.82, 2.24) is 0 Å². The fraction of sp³-hybridized carbons (Fsp3) is 0.278. The van der Waals surface area contributed by atoms with Crippen LogP contribution >= 0.6 is 0 Å². The molecule has 0 spiro atoms. The van der Waals surface area contributed by atoms with Crippen molar-refractivity contribution in [3.63, 3.8) is 0 Å². The molecule has 0 saturated heterocycles. The van der Waals surface area contributed by atoms with Gasteiger partial charge in [0.15, 0.2) is 0 Å². The number of nitriles is 1. The first kappa shape index (κ1) is 13.4. The molecule has 0 amide bonds. The maximum Gasteiger partial charge on any atom is 0.0991 e. The molecule has 2 rings (SSSR count). The number of aryl methyl sites for hydroxylation is 3. The van der Waals surface area contributed by atoms with Gasteiger partial charge in [-0.1, -0.05) is 37.6 Å². The molecule has 19 heavy (non-hydrogen) atoms. The zero-order chi connectivity index (χ0) is 13.8. The minimum Gasteiger partial charge on any atom is -0.192 e. The fourth-order valence-corrected chi connectivity index (χ4v) is 2.65. The van der Waals surface area contributed by atoms with Crippen molar-refractivity contribution < 1.29 is 0 Å². The Balaban J connectivity index is 2.47. The summed E-state index contributed by atoms with van der Waals surface area (Å²) in [7, 11) is 0. The molecule has 0 aliphatic carbocycles. The topological polar surface area (TPSA) is 23.8 Å². The van der Waals surface area contributed by atoms with E-state index in [9.17, 15) is 0 Å². The number of hydrogen-bond acceptors (Lipinski definition) is 1. The maximum atomic E-state index is 8.85. The molecule has 1 heteroatoms. The summed E-state index contributed by atoms with van der Waals surface area (Å²) in [6, 6.07) is 14.6. The molecule has 0 aromatic heterocycles. The van der Waals surface area contributed by atoms with Crippen LogP contribution in [0.1, 0.15) is 35.6 Å². The molecule has 0 N–H and O–H groups in total. The van der Waals surface area contributed by atoms with Crippen LogP contribution in [0.2, 0.25) is 0 Å². The van der Waals surface area contributed by atoms with Gasteiger partial charge in [-0.25, -0.2) is 0 Å². The van der Waals surface area contributed by atoms with Crippen molar-refractivity contribution in [3.8, 4) is 17.2 Å². The molecule has 0 aliphatic heterocycles. The molecule has 96 valence electrons. The molecule has 2 aromatic rings. The van der Waals surface area contributed by atoms with E-state index in [2.05, 4.69) is 39.0 Å². The van der Waals surface area contributed by atoms with E-state index in [1.807, 2.05) is 24.3 Å². The van der Waals surface area contributed by atoms with Gasteiger partial charge in [-0.3, -0.25) is 0 Å². The van der Waals surface area contributed by atoms with Gasteiger partial charge < -0.3 is 0 Å². The normalized spacial score (nSPS) is 10.2. The van der Waals surface area contributed by atoms with Crippen LogP contribution in [0.5, 0.6) is 0 Å². The standard InChI is InChI=1S/C18H19N/c1-4-5-16-10-13(2)18(14(3)11-16)17-8-6-15(12-19)7-9-17/h6-11H,4-5H2,1-3H3. The van der Waals surface area contributed by atoms with Crippen LogP contribution in [-0.2, 0) is 6.42 Å². The third-order valence-electron chi connectivity index (χ3n) is 3.43. The van der Waals surface area contributed by atoms with E-state index in [-0.39, 0.29) is 0 Å². The summed E-state index contributed by atoms with van der Waals surface area (Å²) < 4.78 is 0. The van der Waals surface area contributed by atoms with Gasteiger partial charge in [0.05, 0.1) is 11.6 Å². The molecule has 0 heterocycles. The molecule has 0 fully saturated rings. The number of hydrogen-bond donors (Lipinski definition) is 0. The van der Waals surface area contributed by atoms with Gasteiger partial charge in [0.1, 0.15) is 0 Å². The van der Waals surface area contributed by atoms with Crippen LogP contribution in [0, 0.1) is 25.2 Å². The Labute approximate surface area is 115 Å². The molecule has 0 radical (unpaired) electrons. The summed E-state index contributed by atoms with van der Waals surface area (Å²) in [5.41, 5.74) is 7.24. The zero-order valence-electron chi connectivity index (χ0n) is 11.8. The largest absolute Gasteiger partial charge is 0.192 e. The number of rotatable bonds is 3. The minimum atomic E-state index is 0.710. The van der Waals surface area contributed by atoms with E-state index in [0.29, 0.717) is 5.56 Å². The van der Waals surface area contributed by atoms with Gasteiger partial charge in [-0.05, 0) is 60.2 Å². The van der Waals surface area contributed by atoms with E-state index < -0.39 is 0 Å². The van der Waals surface area contributed by atoms with E-state index in [0.717, 1.165) is 6.42 Å². The fourth-order valence-electron chi connectivity index (χ4n) is 2.65. The van der Waals surface area contributed by atoms with Crippen molar-refractivity contribution in [2.45, 2.75) is 33.6 Å². The summed E-state index contributed by atoms with van der Waals surface area (Å²) >= 11 is 0. The third-order valence-corrected chi connectivity index (χ3v) is 3.43. The Kier molecular flexibility index (Phi) is 4.02. The highest BCUT2D eigenvalue weighted by Crippen LogP contribution is 2.29. The molecule has 1 nitrogen and oxygen atoms in total. The number of nitrogens with zero attached hydrogens (tertiary/aromatic N) is 1.